The normalized spacial score (nSPS) is 27.1. The molecule has 14 heavy (non-hydrogen) atoms. The third kappa shape index (κ3) is 2.87. The van der Waals surface area contributed by atoms with Gasteiger partial charge in [0.25, 0.3) is 0 Å². The van der Waals surface area contributed by atoms with Gasteiger partial charge in [-0.25, -0.2) is 0 Å². The lowest BCUT2D eigenvalue weighted by atomic mass is 10.2. The van der Waals surface area contributed by atoms with E-state index in [4.69, 9.17) is 5.73 Å². The largest absolute Gasteiger partial charge is 0.369 e. The van der Waals surface area contributed by atoms with Gasteiger partial charge in [0.05, 0.1) is 6.54 Å². The molecule has 1 aliphatic rings. The van der Waals surface area contributed by atoms with Gasteiger partial charge in [-0.15, -0.1) is 0 Å². The van der Waals surface area contributed by atoms with Gasteiger partial charge in [0, 0.05) is 24.4 Å². The van der Waals surface area contributed by atoms with Crippen LogP contribution in [-0.2, 0) is 4.79 Å². The molecule has 5 heteroatoms. The number of carbonyl (C=O) groups is 1. The Kier molecular flexibility index (Phi) is 4.71. The van der Waals surface area contributed by atoms with Crippen LogP contribution in [0.15, 0.2) is 0 Å². The van der Waals surface area contributed by atoms with Crippen LogP contribution < -0.4 is 11.1 Å². The van der Waals surface area contributed by atoms with Crippen LogP contribution in [0.2, 0.25) is 0 Å². The van der Waals surface area contributed by atoms with E-state index in [-0.39, 0.29) is 5.91 Å². The topological polar surface area (TPSA) is 58.4 Å². The number of amides is 1. The molecule has 0 aromatic rings. The van der Waals surface area contributed by atoms with Gasteiger partial charge < -0.3 is 11.1 Å². The Morgan fingerprint density at radius 1 is 1.64 bits per heavy atom. The van der Waals surface area contributed by atoms with E-state index in [0.29, 0.717) is 17.8 Å². The summed E-state index contributed by atoms with van der Waals surface area (Å²) in [5.74, 6) is -0.237. The summed E-state index contributed by atoms with van der Waals surface area (Å²) in [6.07, 6.45) is 2.11. The van der Waals surface area contributed by atoms with Crippen LogP contribution in [0.3, 0.4) is 0 Å². The lowest BCUT2D eigenvalue weighted by molar-refractivity contribution is -0.119. The lowest BCUT2D eigenvalue weighted by Crippen LogP contribution is -2.46. The monoisotopic (exact) mass is 217 g/mol. The molecule has 1 saturated heterocycles. The van der Waals surface area contributed by atoms with Crippen molar-refractivity contribution in [1.82, 2.24) is 10.2 Å². The molecule has 1 heterocycles. The maximum absolute atomic E-state index is 10.9. The number of primary amides is 1. The molecule has 0 radical (unpaired) electrons. The number of likely N-dealkylation sites (N-methyl/N-ethyl adjacent to an activating group) is 1. The van der Waals surface area contributed by atoms with E-state index in [0.717, 1.165) is 19.6 Å². The van der Waals surface area contributed by atoms with E-state index in [1.54, 1.807) is 0 Å². The summed E-state index contributed by atoms with van der Waals surface area (Å²) in [4.78, 5) is 13.0. The Morgan fingerprint density at radius 3 is 2.86 bits per heavy atom. The van der Waals surface area contributed by atoms with Crippen LogP contribution in [0.1, 0.15) is 6.92 Å². The van der Waals surface area contributed by atoms with Gasteiger partial charge in [0.2, 0.25) is 5.91 Å². The first-order valence-electron chi connectivity index (χ1n) is 4.95. The number of thioether (sulfide) groups is 1. The first kappa shape index (κ1) is 11.8. The molecule has 1 amide bonds. The molecule has 0 saturated carbocycles. The summed E-state index contributed by atoms with van der Waals surface area (Å²) in [6.45, 7) is 5.32. The lowest BCUT2D eigenvalue weighted by Gasteiger charge is -2.29. The average molecular weight is 217 g/mol. The molecule has 2 atom stereocenters. The van der Waals surface area contributed by atoms with Crippen molar-refractivity contribution >= 4 is 17.7 Å². The maximum atomic E-state index is 10.9. The number of nitrogens with two attached hydrogens (primary N) is 1. The Labute approximate surface area is 89.6 Å². The van der Waals surface area contributed by atoms with Crippen molar-refractivity contribution in [2.45, 2.75) is 18.2 Å². The molecule has 0 spiro atoms. The third-order valence-corrected chi connectivity index (χ3v) is 3.75. The predicted molar refractivity (Wildman–Crippen MR) is 60.4 cm³/mol. The molecule has 3 N–H and O–H groups in total. The van der Waals surface area contributed by atoms with Gasteiger partial charge in [0.1, 0.15) is 0 Å². The van der Waals surface area contributed by atoms with Crippen molar-refractivity contribution in [1.29, 1.82) is 0 Å². The molecule has 1 fully saturated rings. The average Bonchev–Trinajstić information content (AvgIpc) is 2.61. The highest BCUT2D eigenvalue weighted by Gasteiger charge is 2.31. The standard InChI is InChI=1S/C9H19N3OS/c1-3-12(6-9(10)13)7-4-11-5-8(7)14-2/h7-8,11H,3-6H2,1-2H3,(H2,10,13). The summed E-state index contributed by atoms with van der Waals surface area (Å²) in [5.41, 5.74) is 5.22. The van der Waals surface area contributed by atoms with Gasteiger partial charge >= 0.3 is 0 Å². The van der Waals surface area contributed by atoms with Crippen molar-refractivity contribution in [3.8, 4) is 0 Å². The minimum absolute atomic E-state index is 0.237. The minimum atomic E-state index is -0.237. The fraction of sp³-hybridized carbons (Fsp3) is 0.889. The molecule has 0 bridgehead atoms. The summed E-state index contributed by atoms with van der Waals surface area (Å²) in [5, 5.41) is 3.92. The van der Waals surface area contributed by atoms with Crippen LogP contribution in [0.5, 0.6) is 0 Å². The molecule has 4 nitrogen and oxygen atoms in total. The third-order valence-electron chi connectivity index (χ3n) is 2.67. The Balaban J connectivity index is 2.54. The van der Waals surface area contributed by atoms with Crippen molar-refractivity contribution in [3.63, 3.8) is 0 Å². The van der Waals surface area contributed by atoms with Crippen molar-refractivity contribution in [2.75, 3.05) is 32.4 Å². The second-order valence-electron chi connectivity index (χ2n) is 3.53. The SMILES string of the molecule is CCN(CC(N)=O)C1CNCC1SC. The molecule has 2 unspecified atom stereocenters. The second kappa shape index (κ2) is 5.58. The smallest absolute Gasteiger partial charge is 0.231 e. The molecular weight excluding hydrogens is 198 g/mol. The fourth-order valence-electron chi connectivity index (χ4n) is 1.91. The second-order valence-corrected chi connectivity index (χ2v) is 4.61. The molecular formula is C9H19N3OS. The molecule has 0 aromatic carbocycles. The van der Waals surface area contributed by atoms with E-state index < -0.39 is 0 Å². The van der Waals surface area contributed by atoms with E-state index in [1.165, 1.54) is 0 Å². The van der Waals surface area contributed by atoms with E-state index >= 15 is 0 Å². The number of hydrogen-bond donors (Lipinski definition) is 2. The van der Waals surface area contributed by atoms with Crippen LogP contribution in [0.25, 0.3) is 0 Å². The minimum Gasteiger partial charge on any atom is -0.369 e. The molecule has 0 aromatic heterocycles. The zero-order valence-electron chi connectivity index (χ0n) is 8.82. The number of rotatable bonds is 5. The van der Waals surface area contributed by atoms with E-state index in [1.807, 2.05) is 11.8 Å². The number of nitrogens with zero attached hydrogens (tertiary/aromatic N) is 1. The van der Waals surface area contributed by atoms with Crippen LogP contribution in [0.4, 0.5) is 0 Å². The number of nitrogens with one attached hydrogen (secondary N) is 1. The zero-order chi connectivity index (χ0) is 10.6. The summed E-state index contributed by atoms with van der Waals surface area (Å²) < 4.78 is 0. The summed E-state index contributed by atoms with van der Waals surface area (Å²) >= 11 is 1.86. The van der Waals surface area contributed by atoms with Gasteiger partial charge in [0.15, 0.2) is 0 Å². The van der Waals surface area contributed by atoms with E-state index in [2.05, 4.69) is 23.4 Å². The van der Waals surface area contributed by atoms with Crippen molar-refractivity contribution < 1.29 is 4.79 Å². The highest BCUT2D eigenvalue weighted by molar-refractivity contribution is 7.99. The van der Waals surface area contributed by atoms with Gasteiger partial charge in [-0.3, -0.25) is 9.69 Å². The highest BCUT2D eigenvalue weighted by atomic mass is 32.2. The van der Waals surface area contributed by atoms with Crippen LogP contribution in [-0.4, -0.2) is 54.5 Å². The van der Waals surface area contributed by atoms with E-state index in [9.17, 15) is 4.79 Å². The first-order valence-corrected chi connectivity index (χ1v) is 6.23. The van der Waals surface area contributed by atoms with Gasteiger partial charge in [-0.05, 0) is 12.8 Å². The predicted octanol–water partition coefficient (Wildman–Crippen LogP) is -0.503. The molecule has 1 aliphatic heterocycles. The maximum Gasteiger partial charge on any atom is 0.231 e. The van der Waals surface area contributed by atoms with Gasteiger partial charge in [-0.1, -0.05) is 6.92 Å². The van der Waals surface area contributed by atoms with Gasteiger partial charge in [-0.2, -0.15) is 11.8 Å². The van der Waals surface area contributed by atoms with Crippen LogP contribution >= 0.6 is 11.8 Å². The first-order chi connectivity index (χ1) is 6.69. The fourth-order valence-corrected chi connectivity index (χ4v) is 2.78. The Morgan fingerprint density at radius 2 is 2.36 bits per heavy atom. The van der Waals surface area contributed by atoms with Crippen molar-refractivity contribution in [3.05, 3.63) is 0 Å². The zero-order valence-corrected chi connectivity index (χ0v) is 9.64. The Hall–Kier alpha value is -0.260. The molecule has 82 valence electrons. The van der Waals surface area contributed by atoms with Crippen molar-refractivity contribution in [2.24, 2.45) is 5.73 Å². The highest BCUT2D eigenvalue weighted by Crippen LogP contribution is 2.19. The molecule has 0 aliphatic carbocycles. The number of carbonyl (C=O) groups excluding carboxylic acids is 1. The molecule has 1 rings (SSSR count). The summed E-state index contributed by atoms with van der Waals surface area (Å²) in [6, 6.07) is 0.447. The Bertz CT molecular complexity index is 200. The number of hydrogen-bond acceptors (Lipinski definition) is 4. The summed E-state index contributed by atoms with van der Waals surface area (Å²) in [7, 11) is 0. The van der Waals surface area contributed by atoms with Crippen LogP contribution in [0, 0.1) is 0 Å². The quantitative estimate of drug-likeness (QED) is 0.652.